The molecular weight excluding hydrogens is 574 g/mol. The second-order valence-electron chi connectivity index (χ2n) is 11.5. The first-order chi connectivity index (χ1) is 21.1. The lowest BCUT2D eigenvalue weighted by atomic mass is 9.95. The lowest BCUT2D eigenvalue weighted by Gasteiger charge is -2.34. The van der Waals surface area contributed by atoms with Gasteiger partial charge in [0, 0.05) is 12.6 Å². The number of hydrogen-bond acceptors (Lipinski definition) is 5. The number of carbonyl (C=O) groups excluding carboxylic acids is 2. The number of sulfonamides is 1. The molecule has 0 unspecified atom stereocenters. The van der Waals surface area contributed by atoms with E-state index in [4.69, 9.17) is 4.74 Å². The Morgan fingerprint density at radius 2 is 1.45 bits per heavy atom. The van der Waals surface area contributed by atoms with Crippen LogP contribution in [-0.2, 0) is 26.2 Å². The van der Waals surface area contributed by atoms with Crippen molar-refractivity contribution in [1.29, 1.82) is 0 Å². The highest BCUT2D eigenvalue weighted by Crippen LogP contribution is 2.27. The molecule has 8 nitrogen and oxygen atoms in total. The summed E-state index contributed by atoms with van der Waals surface area (Å²) >= 11 is 0. The number of hydrogen-bond donors (Lipinski definition) is 1. The van der Waals surface area contributed by atoms with E-state index in [1.165, 1.54) is 23.5 Å². The van der Waals surface area contributed by atoms with Crippen LogP contribution in [0, 0.1) is 13.8 Å². The molecule has 3 aromatic rings. The van der Waals surface area contributed by atoms with E-state index < -0.39 is 28.5 Å². The van der Waals surface area contributed by atoms with Gasteiger partial charge in [-0.2, -0.15) is 0 Å². The minimum Gasteiger partial charge on any atom is -0.494 e. The van der Waals surface area contributed by atoms with Crippen molar-refractivity contribution in [3.05, 3.63) is 89.5 Å². The van der Waals surface area contributed by atoms with Gasteiger partial charge in [0.1, 0.15) is 18.3 Å². The van der Waals surface area contributed by atoms with Crippen molar-refractivity contribution in [2.24, 2.45) is 0 Å². The highest BCUT2D eigenvalue weighted by molar-refractivity contribution is 7.92. The van der Waals surface area contributed by atoms with E-state index in [2.05, 4.69) is 5.32 Å². The second-order valence-corrected chi connectivity index (χ2v) is 13.4. The Morgan fingerprint density at radius 1 is 0.864 bits per heavy atom. The largest absolute Gasteiger partial charge is 0.494 e. The highest BCUT2D eigenvalue weighted by atomic mass is 32.2. The molecule has 9 heteroatoms. The number of anilines is 1. The van der Waals surface area contributed by atoms with Gasteiger partial charge in [0.05, 0.1) is 17.2 Å². The maximum absolute atomic E-state index is 14.3. The van der Waals surface area contributed by atoms with Gasteiger partial charge in [-0.1, -0.05) is 73.7 Å². The number of nitrogens with zero attached hydrogens (tertiary/aromatic N) is 2. The van der Waals surface area contributed by atoms with Gasteiger partial charge < -0.3 is 15.0 Å². The highest BCUT2D eigenvalue weighted by Gasteiger charge is 2.34. The number of amides is 2. The number of benzene rings is 3. The molecule has 4 rings (SSSR count). The summed E-state index contributed by atoms with van der Waals surface area (Å²) in [5.74, 6) is -0.0918. The average molecular weight is 620 g/mol. The molecule has 0 radical (unpaired) electrons. The van der Waals surface area contributed by atoms with Crippen LogP contribution in [0.5, 0.6) is 5.75 Å². The van der Waals surface area contributed by atoms with E-state index in [0.717, 1.165) is 46.7 Å². The number of rotatable bonds is 13. The number of aryl methyl sites for hydroxylation is 2. The molecule has 1 saturated carbocycles. The molecule has 3 aromatic carbocycles. The van der Waals surface area contributed by atoms with Gasteiger partial charge >= 0.3 is 0 Å². The molecule has 236 valence electrons. The van der Waals surface area contributed by atoms with Crippen LogP contribution < -0.4 is 14.4 Å². The third-order valence-corrected chi connectivity index (χ3v) is 9.92. The van der Waals surface area contributed by atoms with Gasteiger partial charge in [-0.15, -0.1) is 0 Å². The summed E-state index contributed by atoms with van der Waals surface area (Å²) in [7, 11) is -4.15. The molecule has 1 atom stereocenters. The SMILES string of the molecule is CCOc1ccc(S(=O)(=O)N(CC(=O)N(Cc2ccc(C)cc2)[C@H](CC)C(=O)NC2CCCCC2)c2ccc(C)cc2)cc1. The van der Waals surface area contributed by atoms with Crippen molar-refractivity contribution in [3.63, 3.8) is 0 Å². The van der Waals surface area contributed by atoms with E-state index in [9.17, 15) is 18.0 Å². The molecule has 0 bridgehead atoms. The monoisotopic (exact) mass is 619 g/mol. The Kier molecular flexibility index (Phi) is 11.4. The predicted octanol–water partition coefficient (Wildman–Crippen LogP) is 6.15. The molecule has 0 heterocycles. The fourth-order valence-electron chi connectivity index (χ4n) is 5.60. The van der Waals surface area contributed by atoms with Crippen molar-refractivity contribution in [2.75, 3.05) is 17.5 Å². The standard InChI is InChI=1S/C35H45N3O5S/c1-5-33(35(40)36-29-10-8-7-9-11-29)37(24-28-16-12-26(3)13-17-28)34(39)25-38(30-18-14-27(4)15-19-30)44(41,42)32-22-20-31(21-23-32)43-6-2/h12-23,29,33H,5-11,24-25H2,1-4H3,(H,36,40)/t33-/m1/s1. The zero-order valence-corrected chi connectivity index (χ0v) is 27.1. The topological polar surface area (TPSA) is 96.0 Å². The quantitative estimate of drug-likeness (QED) is 0.248. The van der Waals surface area contributed by atoms with Crippen molar-refractivity contribution in [2.45, 2.75) is 89.7 Å². The van der Waals surface area contributed by atoms with Gasteiger partial charge in [-0.05, 0) is 82.0 Å². The molecule has 1 fully saturated rings. The minimum absolute atomic E-state index is 0.0431. The van der Waals surface area contributed by atoms with Crippen LogP contribution >= 0.6 is 0 Å². The number of ether oxygens (including phenoxy) is 1. The van der Waals surface area contributed by atoms with Crippen LogP contribution in [0.3, 0.4) is 0 Å². The fourth-order valence-corrected chi connectivity index (χ4v) is 7.01. The molecule has 0 spiro atoms. The lowest BCUT2D eigenvalue weighted by molar-refractivity contribution is -0.140. The fraction of sp³-hybridized carbons (Fsp3) is 0.429. The molecule has 0 saturated heterocycles. The van der Waals surface area contributed by atoms with Gasteiger partial charge in [-0.25, -0.2) is 8.42 Å². The summed E-state index contributed by atoms with van der Waals surface area (Å²) in [6.45, 7) is 7.83. The van der Waals surface area contributed by atoms with Crippen LogP contribution in [0.1, 0.15) is 69.1 Å². The first-order valence-electron chi connectivity index (χ1n) is 15.6. The van der Waals surface area contributed by atoms with Crippen molar-refractivity contribution >= 4 is 27.5 Å². The Morgan fingerprint density at radius 3 is 2.02 bits per heavy atom. The van der Waals surface area contributed by atoms with Crippen molar-refractivity contribution in [3.8, 4) is 5.75 Å². The Balaban J connectivity index is 1.69. The Hall–Kier alpha value is -3.85. The van der Waals surface area contributed by atoms with Gasteiger partial charge in [-0.3, -0.25) is 13.9 Å². The number of carbonyl (C=O) groups is 2. The molecule has 1 aliphatic rings. The normalized spacial score (nSPS) is 14.5. The maximum atomic E-state index is 14.3. The molecule has 44 heavy (non-hydrogen) atoms. The van der Waals surface area contributed by atoms with Crippen LogP contribution in [0.4, 0.5) is 5.69 Å². The van der Waals surface area contributed by atoms with Gasteiger partial charge in [0.25, 0.3) is 10.0 Å². The summed E-state index contributed by atoms with van der Waals surface area (Å²) < 4.78 is 34.9. The Labute approximate surface area is 262 Å². The van der Waals surface area contributed by atoms with E-state index in [1.54, 1.807) is 24.3 Å². The lowest BCUT2D eigenvalue weighted by Crippen LogP contribution is -2.54. The molecular formula is C35H45N3O5S. The number of nitrogens with one attached hydrogen (secondary N) is 1. The maximum Gasteiger partial charge on any atom is 0.264 e. The van der Waals surface area contributed by atoms with Crippen molar-refractivity contribution < 1.29 is 22.7 Å². The molecule has 2 amide bonds. The van der Waals surface area contributed by atoms with Crippen LogP contribution in [0.15, 0.2) is 77.7 Å². The molecule has 0 aromatic heterocycles. The molecule has 0 aliphatic heterocycles. The third-order valence-electron chi connectivity index (χ3n) is 8.13. The Bertz CT molecular complexity index is 1480. The summed E-state index contributed by atoms with van der Waals surface area (Å²) in [6.07, 6.45) is 5.56. The summed E-state index contributed by atoms with van der Waals surface area (Å²) in [6, 6.07) is 20.4. The zero-order chi connectivity index (χ0) is 31.7. The van der Waals surface area contributed by atoms with E-state index in [0.29, 0.717) is 24.5 Å². The predicted molar refractivity (Wildman–Crippen MR) is 174 cm³/mol. The van der Waals surface area contributed by atoms with Gasteiger partial charge in [0.2, 0.25) is 11.8 Å². The third kappa shape index (κ3) is 8.40. The van der Waals surface area contributed by atoms with Crippen LogP contribution in [0.25, 0.3) is 0 Å². The second kappa shape index (κ2) is 15.2. The van der Waals surface area contributed by atoms with Crippen LogP contribution in [0.2, 0.25) is 0 Å². The summed E-state index contributed by atoms with van der Waals surface area (Å²) in [5.41, 5.74) is 3.28. The first kappa shape index (κ1) is 33.1. The average Bonchev–Trinajstić information content (AvgIpc) is 3.02. The molecule has 1 aliphatic carbocycles. The van der Waals surface area contributed by atoms with Gasteiger partial charge in [0.15, 0.2) is 0 Å². The minimum atomic E-state index is -4.15. The van der Waals surface area contributed by atoms with Crippen molar-refractivity contribution in [1.82, 2.24) is 10.2 Å². The van der Waals surface area contributed by atoms with E-state index in [1.807, 2.05) is 64.1 Å². The van der Waals surface area contributed by atoms with E-state index in [-0.39, 0.29) is 23.4 Å². The summed E-state index contributed by atoms with van der Waals surface area (Å²) in [5, 5.41) is 3.19. The van der Waals surface area contributed by atoms with Crippen LogP contribution in [-0.4, -0.2) is 50.4 Å². The molecule has 1 N–H and O–H groups in total. The van der Waals surface area contributed by atoms with E-state index >= 15 is 0 Å². The first-order valence-corrected chi connectivity index (χ1v) is 17.0. The summed E-state index contributed by atoms with van der Waals surface area (Å²) in [4.78, 5) is 29.6. The zero-order valence-electron chi connectivity index (χ0n) is 26.3. The smallest absolute Gasteiger partial charge is 0.264 e.